The monoisotopic (exact) mass is 233 g/mol. The van der Waals surface area contributed by atoms with Crippen LogP contribution < -0.4 is 0 Å². The molecule has 2 fully saturated rings. The summed E-state index contributed by atoms with van der Waals surface area (Å²) in [4.78, 5) is 0. The number of hydrogen-bond donors (Lipinski definition) is 0. The molecule has 2 saturated carbocycles. The fourth-order valence-electron chi connectivity index (χ4n) is 4.00. The Labute approximate surface area is 107 Å². The van der Waals surface area contributed by atoms with Crippen LogP contribution in [0.25, 0.3) is 0 Å². The van der Waals surface area contributed by atoms with Crippen molar-refractivity contribution in [3.05, 3.63) is 0 Å². The third-order valence-corrected chi connectivity index (χ3v) is 5.38. The second-order valence-corrected chi connectivity index (χ2v) is 6.66. The lowest BCUT2D eigenvalue weighted by molar-refractivity contribution is 0.140. The van der Waals surface area contributed by atoms with Crippen molar-refractivity contribution in [2.75, 3.05) is 0 Å². The van der Waals surface area contributed by atoms with Crippen LogP contribution in [0, 0.1) is 40.9 Å². The molecule has 0 heterocycles. The van der Waals surface area contributed by atoms with Crippen LogP contribution >= 0.6 is 0 Å². The average Bonchev–Trinajstić information content (AvgIpc) is 2.39. The van der Waals surface area contributed by atoms with Crippen LogP contribution in [0.3, 0.4) is 0 Å². The minimum Gasteiger partial charge on any atom is -0.198 e. The maximum absolute atomic E-state index is 8.93. The minimum absolute atomic E-state index is 0.373. The Balaban J connectivity index is 1.76. The van der Waals surface area contributed by atoms with Gasteiger partial charge in [-0.2, -0.15) is 5.26 Å². The van der Waals surface area contributed by atoms with E-state index in [1.54, 1.807) is 0 Å². The Hall–Kier alpha value is -0.510. The Morgan fingerprint density at radius 3 is 1.71 bits per heavy atom. The predicted octanol–water partition coefficient (Wildman–Crippen LogP) is 4.78. The van der Waals surface area contributed by atoms with Crippen LogP contribution in [0.1, 0.15) is 65.2 Å². The predicted molar refractivity (Wildman–Crippen MR) is 71.3 cm³/mol. The molecule has 1 heteroatoms. The summed E-state index contributed by atoms with van der Waals surface area (Å²) in [6.45, 7) is 4.76. The SMILES string of the molecule is CC(C)C1CCC(C2CCC(C#N)CC2)CC1. The van der Waals surface area contributed by atoms with Gasteiger partial charge in [-0.1, -0.05) is 13.8 Å². The standard InChI is InChI=1S/C16H27N/c1-12(2)14-7-9-16(10-8-14)15-5-3-13(11-17)4-6-15/h12-16H,3-10H2,1-2H3. The van der Waals surface area contributed by atoms with Crippen LogP contribution in [0.2, 0.25) is 0 Å². The molecule has 0 spiro atoms. The molecule has 96 valence electrons. The van der Waals surface area contributed by atoms with E-state index in [2.05, 4.69) is 19.9 Å². The molecule has 0 saturated heterocycles. The van der Waals surface area contributed by atoms with Gasteiger partial charge in [0.1, 0.15) is 0 Å². The van der Waals surface area contributed by atoms with Gasteiger partial charge < -0.3 is 0 Å². The summed E-state index contributed by atoms with van der Waals surface area (Å²) in [6.07, 6.45) is 10.8. The van der Waals surface area contributed by atoms with Gasteiger partial charge in [0.2, 0.25) is 0 Å². The highest BCUT2D eigenvalue weighted by Gasteiger charge is 2.31. The summed E-state index contributed by atoms with van der Waals surface area (Å²) in [7, 11) is 0. The van der Waals surface area contributed by atoms with E-state index in [0.29, 0.717) is 5.92 Å². The number of nitrogens with zero attached hydrogens (tertiary/aromatic N) is 1. The quantitative estimate of drug-likeness (QED) is 0.673. The maximum atomic E-state index is 8.93. The van der Waals surface area contributed by atoms with Gasteiger partial charge in [0.05, 0.1) is 6.07 Å². The molecule has 0 radical (unpaired) electrons. The first kappa shape index (κ1) is 12.9. The third kappa shape index (κ3) is 3.24. The molecular formula is C16H27N. The summed E-state index contributed by atoms with van der Waals surface area (Å²) < 4.78 is 0. The molecule has 2 aliphatic rings. The molecular weight excluding hydrogens is 206 g/mol. The van der Waals surface area contributed by atoms with Crippen molar-refractivity contribution < 1.29 is 0 Å². The van der Waals surface area contributed by atoms with E-state index < -0.39 is 0 Å². The van der Waals surface area contributed by atoms with E-state index in [1.165, 1.54) is 51.4 Å². The molecule has 0 unspecified atom stereocenters. The zero-order valence-corrected chi connectivity index (χ0v) is 11.5. The first-order chi connectivity index (χ1) is 8.20. The first-order valence-corrected chi connectivity index (χ1v) is 7.60. The molecule has 0 aromatic rings. The number of nitriles is 1. The molecule has 0 N–H and O–H groups in total. The van der Waals surface area contributed by atoms with Crippen molar-refractivity contribution in [2.24, 2.45) is 29.6 Å². The fourth-order valence-corrected chi connectivity index (χ4v) is 4.00. The Morgan fingerprint density at radius 1 is 0.824 bits per heavy atom. The normalized spacial score (nSPS) is 38.9. The van der Waals surface area contributed by atoms with E-state index in [0.717, 1.165) is 23.7 Å². The maximum Gasteiger partial charge on any atom is 0.0655 e. The smallest absolute Gasteiger partial charge is 0.0655 e. The molecule has 0 amide bonds. The first-order valence-electron chi connectivity index (χ1n) is 7.60. The summed E-state index contributed by atoms with van der Waals surface area (Å²) >= 11 is 0. The molecule has 2 rings (SSSR count). The molecule has 17 heavy (non-hydrogen) atoms. The van der Waals surface area contributed by atoms with E-state index in [4.69, 9.17) is 5.26 Å². The van der Waals surface area contributed by atoms with Crippen LogP contribution in [-0.2, 0) is 0 Å². The summed E-state index contributed by atoms with van der Waals surface area (Å²) in [5, 5.41) is 8.93. The Bertz CT molecular complexity index is 260. The van der Waals surface area contributed by atoms with Crippen LogP contribution in [0.15, 0.2) is 0 Å². The van der Waals surface area contributed by atoms with Crippen LogP contribution in [-0.4, -0.2) is 0 Å². The summed E-state index contributed by atoms with van der Waals surface area (Å²) in [5.74, 6) is 4.18. The van der Waals surface area contributed by atoms with E-state index in [-0.39, 0.29) is 0 Å². The molecule has 1 nitrogen and oxygen atoms in total. The van der Waals surface area contributed by atoms with Crippen LogP contribution in [0.4, 0.5) is 0 Å². The Morgan fingerprint density at radius 2 is 1.29 bits per heavy atom. The number of rotatable bonds is 2. The van der Waals surface area contributed by atoms with Gasteiger partial charge in [0.15, 0.2) is 0 Å². The molecule has 2 aliphatic carbocycles. The van der Waals surface area contributed by atoms with Crippen molar-refractivity contribution in [1.82, 2.24) is 0 Å². The highest BCUT2D eigenvalue weighted by Crippen LogP contribution is 2.42. The van der Waals surface area contributed by atoms with E-state index in [1.807, 2.05) is 0 Å². The van der Waals surface area contributed by atoms with E-state index in [9.17, 15) is 0 Å². The zero-order valence-electron chi connectivity index (χ0n) is 11.5. The number of hydrogen-bond acceptors (Lipinski definition) is 1. The second-order valence-electron chi connectivity index (χ2n) is 6.66. The van der Waals surface area contributed by atoms with Gasteiger partial charge in [0.25, 0.3) is 0 Å². The zero-order chi connectivity index (χ0) is 12.3. The lowest BCUT2D eigenvalue weighted by Crippen LogP contribution is -2.26. The summed E-state index contributed by atoms with van der Waals surface area (Å²) in [6, 6.07) is 2.45. The molecule has 0 aromatic carbocycles. The lowest BCUT2D eigenvalue weighted by atomic mass is 9.68. The average molecular weight is 233 g/mol. The fraction of sp³-hybridized carbons (Fsp3) is 0.938. The van der Waals surface area contributed by atoms with Gasteiger partial charge in [-0.25, -0.2) is 0 Å². The van der Waals surface area contributed by atoms with Crippen molar-refractivity contribution in [3.63, 3.8) is 0 Å². The van der Waals surface area contributed by atoms with Crippen molar-refractivity contribution in [2.45, 2.75) is 65.2 Å². The van der Waals surface area contributed by atoms with Gasteiger partial charge in [-0.3, -0.25) is 0 Å². The van der Waals surface area contributed by atoms with Crippen molar-refractivity contribution in [3.8, 4) is 6.07 Å². The third-order valence-electron chi connectivity index (χ3n) is 5.38. The lowest BCUT2D eigenvalue weighted by Gasteiger charge is -2.37. The summed E-state index contributed by atoms with van der Waals surface area (Å²) in [5.41, 5.74) is 0. The highest BCUT2D eigenvalue weighted by molar-refractivity contribution is 4.89. The van der Waals surface area contributed by atoms with Gasteiger partial charge in [-0.05, 0) is 75.0 Å². The topological polar surface area (TPSA) is 23.8 Å². The minimum atomic E-state index is 0.373. The van der Waals surface area contributed by atoms with Crippen LogP contribution in [0.5, 0.6) is 0 Å². The molecule has 0 aliphatic heterocycles. The highest BCUT2D eigenvalue weighted by atomic mass is 14.4. The molecule has 0 atom stereocenters. The molecule has 0 aromatic heterocycles. The largest absolute Gasteiger partial charge is 0.198 e. The molecule has 0 bridgehead atoms. The van der Waals surface area contributed by atoms with Crippen molar-refractivity contribution >= 4 is 0 Å². The second kappa shape index (κ2) is 5.89. The Kier molecular flexibility index (Phi) is 4.48. The van der Waals surface area contributed by atoms with Gasteiger partial charge in [-0.15, -0.1) is 0 Å². The van der Waals surface area contributed by atoms with Gasteiger partial charge >= 0.3 is 0 Å². The van der Waals surface area contributed by atoms with Gasteiger partial charge in [0, 0.05) is 5.92 Å². The van der Waals surface area contributed by atoms with Crippen molar-refractivity contribution in [1.29, 1.82) is 5.26 Å². The van der Waals surface area contributed by atoms with E-state index >= 15 is 0 Å².